The van der Waals surface area contributed by atoms with E-state index in [2.05, 4.69) is 30.6 Å². The van der Waals surface area contributed by atoms with Crippen LogP contribution in [0.2, 0.25) is 0 Å². The van der Waals surface area contributed by atoms with Crippen molar-refractivity contribution in [3.63, 3.8) is 0 Å². The summed E-state index contributed by atoms with van der Waals surface area (Å²) < 4.78 is 0. The fourth-order valence-electron chi connectivity index (χ4n) is 2.58. The van der Waals surface area contributed by atoms with Crippen LogP contribution in [0, 0.1) is 0 Å². The van der Waals surface area contributed by atoms with E-state index in [4.69, 9.17) is 0 Å². The number of aromatic amines is 1. The molecule has 3 rings (SSSR count). The van der Waals surface area contributed by atoms with Gasteiger partial charge in [0.2, 0.25) is 5.91 Å². The number of nitrogens with zero attached hydrogens (tertiary/aromatic N) is 4. The molecule has 2 aromatic heterocycles. The van der Waals surface area contributed by atoms with Crippen LogP contribution in [0.1, 0.15) is 12.5 Å². The van der Waals surface area contributed by atoms with Gasteiger partial charge < -0.3 is 20.5 Å². The molecule has 1 amide bonds. The maximum absolute atomic E-state index is 12.5. The van der Waals surface area contributed by atoms with Gasteiger partial charge in [-0.1, -0.05) is 25.1 Å². The first kappa shape index (κ1) is 16.8. The number of likely N-dealkylation sites (N-methyl/N-ethyl adjacent to an activating group) is 1. The fourth-order valence-corrected chi connectivity index (χ4v) is 2.58. The highest BCUT2D eigenvalue weighted by Gasteiger charge is 2.14. The van der Waals surface area contributed by atoms with Crippen molar-refractivity contribution in [3.8, 4) is 0 Å². The summed E-state index contributed by atoms with van der Waals surface area (Å²) in [5.41, 5.74) is 3.16. The number of fused-ring (bicyclic) bond motifs is 1. The molecule has 0 aliphatic rings. The number of amides is 1. The summed E-state index contributed by atoms with van der Waals surface area (Å²) >= 11 is 0. The number of hydrogen-bond acceptors (Lipinski definition) is 6. The summed E-state index contributed by atoms with van der Waals surface area (Å²) in [6, 6.07) is 7.78. The predicted molar refractivity (Wildman–Crippen MR) is 97.4 cm³/mol. The Morgan fingerprint density at radius 2 is 2.08 bits per heavy atom. The van der Waals surface area contributed by atoms with Crippen LogP contribution in [0.15, 0.2) is 36.9 Å². The lowest BCUT2D eigenvalue weighted by molar-refractivity contribution is -0.114. The van der Waals surface area contributed by atoms with E-state index >= 15 is 0 Å². The molecule has 0 bridgehead atoms. The second kappa shape index (κ2) is 7.71. The minimum atomic E-state index is -0.113. The van der Waals surface area contributed by atoms with Crippen LogP contribution in [-0.4, -0.2) is 46.0 Å². The minimum Gasteiger partial charge on any atom is -0.348 e. The average molecular weight is 339 g/mol. The standard InChI is InChI=1S/C17H21N7O/c1-3-18-8-12-6-4-5-7-13(12)23-14(25)9-24(2)17-15-16(20-10-19-15)21-11-22-17/h4-7,10-11,18H,3,8-9H2,1-2H3,(H,23,25)(H,19,20,21,22). The Labute approximate surface area is 145 Å². The molecule has 0 unspecified atom stereocenters. The van der Waals surface area contributed by atoms with Crippen LogP contribution in [-0.2, 0) is 11.3 Å². The lowest BCUT2D eigenvalue weighted by atomic mass is 10.1. The van der Waals surface area contributed by atoms with Crippen molar-refractivity contribution in [2.45, 2.75) is 13.5 Å². The number of aromatic nitrogens is 4. The second-order valence-electron chi connectivity index (χ2n) is 5.64. The lowest BCUT2D eigenvalue weighted by Crippen LogP contribution is -2.31. The molecular formula is C17H21N7O. The number of imidazole rings is 1. The van der Waals surface area contributed by atoms with Crippen molar-refractivity contribution in [1.82, 2.24) is 25.3 Å². The second-order valence-corrected chi connectivity index (χ2v) is 5.64. The normalized spacial score (nSPS) is 10.8. The molecule has 1 aromatic carbocycles. The van der Waals surface area contributed by atoms with Crippen molar-refractivity contribution in [3.05, 3.63) is 42.5 Å². The van der Waals surface area contributed by atoms with Crippen LogP contribution >= 0.6 is 0 Å². The summed E-state index contributed by atoms with van der Waals surface area (Å²) in [6.45, 7) is 3.80. The van der Waals surface area contributed by atoms with Gasteiger partial charge in [0.25, 0.3) is 0 Å². The van der Waals surface area contributed by atoms with Gasteiger partial charge in [0, 0.05) is 19.3 Å². The molecule has 0 saturated carbocycles. The zero-order valence-corrected chi connectivity index (χ0v) is 14.3. The van der Waals surface area contributed by atoms with Crippen molar-refractivity contribution in [2.75, 3.05) is 30.4 Å². The molecule has 3 aromatic rings. The Balaban J connectivity index is 1.69. The molecule has 8 nitrogen and oxygen atoms in total. The Morgan fingerprint density at radius 3 is 2.92 bits per heavy atom. The maximum Gasteiger partial charge on any atom is 0.243 e. The monoisotopic (exact) mass is 339 g/mol. The van der Waals surface area contributed by atoms with Crippen LogP contribution in [0.5, 0.6) is 0 Å². The number of rotatable bonds is 7. The molecule has 0 atom stereocenters. The van der Waals surface area contributed by atoms with Crippen LogP contribution < -0.4 is 15.5 Å². The van der Waals surface area contributed by atoms with E-state index in [0.29, 0.717) is 23.5 Å². The Kier molecular flexibility index (Phi) is 5.20. The fraction of sp³-hybridized carbons (Fsp3) is 0.294. The summed E-state index contributed by atoms with van der Waals surface area (Å²) in [6.07, 6.45) is 3.01. The van der Waals surface area contributed by atoms with E-state index in [-0.39, 0.29) is 12.5 Å². The number of para-hydroxylation sites is 1. The average Bonchev–Trinajstić information content (AvgIpc) is 3.09. The third kappa shape index (κ3) is 3.92. The van der Waals surface area contributed by atoms with Gasteiger partial charge >= 0.3 is 0 Å². The van der Waals surface area contributed by atoms with Gasteiger partial charge in [0.1, 0.15) is 11.8 Å². The zero-order chi connectivity index (χ0) is 17.6. The van der Waals surface area contributed by atoms with Crippen molar-refractivity contribution in [2.24, 2.45) is 0 Å². The molecule has 0 fully saturated rings. The van der Waals surface area contributed by atoms with Gasteiger partial charge in [0.15, 0.2) is 11.5 Å². The Hall–Kier alpha value is -3.00. The molecule has 0 saturated heterocycles. The van der Waals surface area contributed by atoms with E-state index in [0.717, 1.165) is 17.8 Å². The number of anilines is 2. The van der Waals surface area contributed by atoms with Crippen LogP contribution in [0.3, 0.4) is 0 Å². The highest BCUT2D eigenvalue weighted by Crippen LogP contribution is 2.19. The van der Waals surface area contributed by atoms with Gasteiger partial charge in [-0.2, -0.15) is 0 Å². The third-order valence-corrected chi connectivity index (χ3v) is 3.80. The Bertz CT molecular complexity index is 861. The first-order chi connectivity index (χ1) is 12.2. The number of benzene rings is 1. The summed E-state index contributed by atoms with van der Waals surface area (Å²) in [7, 11) is 1.81. The minimum absolute atomic E-state index is 0.113. The van der Waals surface area contributed by atoms with E-state index in [1.165, 1.54) is 6.33 Å². The lowest BCUT2D eigenvalue weighted by Gasteiger charge is -2.18. The summed E-state index contributed by atoms with van der Waals surface area (Å²) in [5.74, 6) is 0.524. The van der Waals surface area contributed by atoms with Gasteiger partial charge in [0.05, 0.1) is 12.9 Å². The largest absolute Gasteiger partial charge is 0.348 e. The molecule has 2 heterocycles. The van der Waals surface area contributed by atoms with Gasteiger partial charge in [-0.15, -0.1) is 0 Å². The molecule has 0 aliphatic heterocycles. The molecule has 0 radical (unpaired) electrons. The molecule has 3 N–H and O–H groups in total. The SMILES string of the molecule is CCNCc1ccccc1NC(=O)CN(C)c1ncnc2nc[nH]c12. The van der Waals surface area contributed by atoms with Gasteiger partial charge in [-0.05, 0) is 18.2 Å². The number of hydrogen-bond donors (Lipinski definition) is 3. The van der Waals surface area contributed by atoms with E-state index in [1.807, 2.05) is 38.2 Å². The zero-order valence-electron chi connectivity index (χ0n) is 14.3. The number of carbonyl (C=O) groups is 1. The topological polar surface area (TPSA) is 98.8 Å². The molecule has 0 aliphatic carbocycles. The molecule has 8 heteroatoms. The molecule has 25 heavy (non-hydrogen) atoms. The van der Waals surface area contributed by atoms with Crippen molar-refractivity contribution in [1.29, 1.82) is 0 Å². The molecular weight excluding hydrogens is 318 g/mol. The van der Waals surface area contributed by atoms with Gasteiger partial charge in [-0.3, -0.25) is 4.79 Å². The molecule has 0 spiro atoms. The Morgan fingerprint density at radius 1 is 1.24 bits per heavy atom. The highest BCUT2D eigenvalue weighted by atomic mass is 16.2. The van der Waals surface area contributed by atoms with Crippen molar-refractivity contribution < 1.29 is 4.79 Å². The quantitative estimate of drug-likeness (QED) is 0.604. The predicted octanol–water partition coefficient (Wildman–Crippen LogP) is 1.54. The van der Waals surface area contributed by atoms with Crippen LogP contribution in [0.25, 0.3) is 11.2 Å². The first-order valence-electron chi connectivity index (χ1n) is 8.12. The van der Waals surface area contributed by atoms with Crippen LogP contribution in [0.4, 0.5) is 11.5 Å². The first-order valence-corrected chi connectivity index (χ1v) is 8.12. The number of carbonyl (C=O) groups excluding carboxylic acids is 1. The third-order valence-electron chi connectivity index (χ3n) is 3.80. The van der Waals surface area contributed by atoms with E-state index < -0.39 is 0 Å². The summed E-state index contributed by atoms with van der Waals surface area (Å²) in [4.78, 5) is 29.7. The number of nitrogens with one attached hydrogen (secondary N) is 3. The molecule has 130 valence electrons. The highest BCUT2D eigenvalue weighted by molar-refractivity contribution is 5.95. The van der Waals surface area contributed by atoms with E-state index in [1.54, 1.807) is 11.2 Å². The smallest absolute Gasteiger partial charge is 0.243 e. The van der Waals surface area contributed by atoms with Gasteiger partial charge in [-0.25, -0.2) is 15.0 Å². The summed E-state index contributed by atoms with van der Waals surface area (Å²) in [5, 5.41) is 6.24. The van der Waals surface area contributed by atoms with E-state index in [9.17, 15) is 4.79 Å². The number of H-pyrrole nitrogens is 1. The van der Waals surface area contributed by atoms with Crippen molar-refractivity contribution >= 4 is 28.6 Å². The maximum atomic E-state index is 12.5.